The van der Waals surface area contributed by atoms with Crippen molar-refractivity contribution in [3.63, 3.8) is 0 Å². The summed E-state index contributed by atoms with van der Waals surface area (Å²) in [6.07, 6.45) is 4.39. The minimum absolute atomic E-state index is 0.236. The molecule has 0 spiro atoms. The van der Waals surface area contributed by atoms with Crippen molar-refractivity contribution in [3.05, 3.63) is 78.2 Å². The Balaban J connectivity index is 1.76. The number of furan rings is 2. The molecule has 0 aliphatic heterocycles. The number of allylic oxidation sites excluding steroid dienone is 1. The summed E-state index contributed by atoms with van der Waals surface area (Å²) in [5, 5.41) is 0. The van der Waals surface area contributed by atoms with E-state index in [1.54, 1.807) is 42.5 Å². The fourth-order valence-corrected chi connectivity index (χ4v) is 1.87. The van der Waals surface area contributed by atoms with Gasteiger partial charge in [-0.1, -0.05) is 0 Å². The van der Waals surface area contributed by atoms with Crippen molar-refractivity contribution in [2.75, 3.05) is 0 Å². The summed E-state index contributed by atoms with van der Waals surface area (Å²) < 4.78 is 23.5. The molecule has 0 atom stereocenters. The standard InChI is InChI=1S/C17H11FO3/c18-13-5-3-12(4-6-13)16-10-8-14(21-16)7-9-15(19)17-2-1-11-20-17/h1-11H/b9-7+. The number of ketones is 1. The van der Waals surface area contributed by atoms with E-state index in [9.17, 15) is 9.18 Å². The van der Waals surface area contributed by atoms with Crippen molar-refractivity contribution in [2.24, 2.45) is 0 Å². The van der Waals surface area contributed by atoms with Crippen molar-refractivity contribution >= 4 is 11.9 Å². The first kappa shape index (κ1) is 13.1. The zero-order chi connectivity index (χ0) is 14.7. The van der Waals surface area contributed by atoms with Crippen LogP contribution in [0.15, 0.2) is 69.7 Å². The maximum absolute atomic E-state index is 12.9. The van der Waals surface area contributed by atoms with E-state index in [1.807, 2.05) is 0 Å². The number of benzene rings is 1. The van der Waals surface area contributed by atoms with Crippen molar-refractivity contribution in [3.8, 4) is 11.3 Å². The lowest BCUT2D eigenvalue weighted by Crippen LogP contribution is -1.89. The van der Waals surface area contributed by atoms with Crippen LogP contribution in [0, 0.1) is 5.82 Å². The van der Waals surface area contributed by atoms with Gasteiger partial charge in [0.2, 0.25) is 5.78 Å². The van der Waals surface area contributed by atoms with Gasteiger partial charge in [0.05, 0.1) is 6.26 Å². The predicted molar refractivity (Wildman–Crippen MR) is 76.2 cm³/mol. The molecule has 0 N–H and O–H groups in total. The summed E-state index contributed by atoms with van der Waals surface area (Å²) in [6.45, 7) is 0. The van der Waals surface area contributed by atoms with Crippen molar-refractivity contribution in [1.29, 1.82) is 0 Å². The van der Waals surface area contributed by atoms with Crippen LogP contribution < -0.4 is 0 Å². The van der Waals surface area contributed by atoms with Gasteiger partial charge in [-0.05, 0) is 60.7 Å². The van der Waals surface area contributed by atoms with Gasteiger partial charge in [-0.3, -0.25) is 4.79 Å². The maximum atomic E-state index is 12.9. The first-order chi connectivity index (χ1) is 10.2. The average Bonchev–Trinajstić information content (AvgIpc) is 3.17. The Morgan fingerprint density at radius 1 is 1.05 bits per heavy atom. The largest absolute Gasteiger partial charge is 0.461 e. The Morgan fingerprint density at radius 3 is 2.57 bits per heavy atom. The third kappa shape index (κ3) is 3.00. The molecule has 104 valence electrons. The number of carbonyl (C=O) groups is 1. The molecular formula is C17H11FO3. The molecule has 0 aliphatic rings. The number of hydrogen-bond acceptors (Lipinski definition) is 3. The monoisotopic (exact) mass is 282 g/mol. The summed E-state index contributed by atoms with van der Waals surface area (Å²) in [6, 6.07) is 12.8. The van der Waals surface area contributed by atoms with Crippen LogP contribution in [0.1, 0.15) is 16.3 Å². The fourth-order valence-electron chi connectivity index (χ4n) is 1.87. The Labute approximate surface area is 120 Å². The van der Waals surface area contributed by atoms with Gasteiger partial charge in [0.25, 0.3) is 0 Å². The van der Waals surface area contributed by atoms with Crippen molar-refractivity contribution in [1.82, 2.24) is 0 Å². The minimum Gasteiger partial charge on any atom is -0.461 e. The molecule has 0 saturated carbocycles. The first-order valence-corrected chi connectivity index (χ1v) is 6.34. The van der Waals surface area contributed by atoms with Crippen LogP contribution in [-0.2, 0) is 0 Å². The van der Waals surface area contributed by atoms with E-state index >= 15 is 0 Å². The Hall–Kier alpha value is -2.88. The first-order valence-electron chi connectivity index (χ1n) is 6.34. The summed E-state index contributed by atoms with van der Waals surface area (Å²) in [5.41, 5.74) is 0.772. The smallest absolute Gasteiger partial charge is 0.221 e. The summed E-state index contributed by atoms with van der Waals surface area (Å²) >= 11 is 0. The van der Waals surface area contributed by atoms with Gasteiger partial charge in [0.1, 0.15) is 17.3 Å². The highest BCUT2D eigenvalue weighted by Crippen LogP contribution is 2.23. The topological polar surface area (TPSA) is 43.4 Å². The van der Waals surface area contributed by atoms with Crippen LogP contribution in [-0.4, -0.2) is 5.78 Å². The lowest BCUT2D eigenvalue weighted by molar-refractivity contribution is 0.102. The van der Waals surface area contributed by atoms with Crippen LogP contribution in [0.3, 0.4) is 0 Å². The van der Waals surface area contributed by atoms with Gasteiger partial charge in [0, 0.05) is 5.56 Å². The van der Waals surface area contributed by atoms with Crippen LogP contribution in [0.2, 0.25) is 0 Å². The molecule has 0 unspecified atom stereocenters. The molecule has 2 aromatic heterocycles. The molecule has 1 aromatic carbocycles. The molecule has 0 aliphatic carbocycles. The Morgan fingerprint density at radius 2 is 1.86 bits per heavy atom. The molecule has 0 bridgehead atoms. The van der Waals surface area contributed by atoms with E-state index in [2.05, 4.69) is 0 Å². The van der Waals surface area contributed by atoms with Gasteiger partial charge < -0.3 is 8.83 Å². The second-order valence-electron chi connectivity index (χ2n) is 4.38. The SMILES string of the molecule is O=C(/C=C/c1ccc(-c2ccc(F)cc2)o1)c1ccco1. The van der Waals surface area contributed by atoms with E-state index in [0.29, 0.717) is 11.5 Å². The molecular weight excluding hydrogens is 271 g/mol. The Bertz CT molecular complexity index is 765. The molecule has 21 heavy (non-hydrogen) atoms. The molecule has 2 heterocycles. The highest BCUT2D eigenvalue weighted by Gasteiger charge is 2.06. The molecule has 3 rings (SSSR count). The third-order valence-electron chi connectivity index (χ3n) is 2.92. The summed E-state index contributed by atoms with van der Waals surface area (Å²) in [5.74, 6) is 0.889. The molecule has 0 amide bonds. The lowest BCUT2D eigenvalue weighted by atomic mass is 10.2. The van der Waals surface area contributed by atoms with Gasteiger partial charge >= 0.3 is 0 Å². The van der Waals surface area contributed by atoms with E-state index in [4.69, 9.17) is 8.83 Å². The van der Waals surface area contributed by atoms with Gasteiger partial charge in [0.15, 0.2) is 5.76 Å². The highest BCUT2D eigenvalue weighted by molar-refractivity contribution is 6.04. The van der Waals surface area contributed by atoms with Crippen LogP contribution in [0.5, 0.6) is 0 Å². The molecule has 0 radical (unpaired) electrons. The quantitative estimate of drug-likeness (QED) is 0.520. The zero-order valence-corrected chi connectivity index (χ0v) is 11.0. The molecule has 3 nitrogen and oxygen atoms in total. The highest BCUT2D eigenvalue weighted by atomic mass is 19.1. The van der Waals surface area contributed by atoms with Gasteiger partial charge in [-0.15, -0.1) is 0 Å². The zero-order valence-electron chi connectivity index (χ0n) is 11.0. The maximum Gasteiger partial charge on any atom is 0.221 e. The summed E-state index contributed by atoms with van der Waals surface area (Å²) in [4.78, 5) is 11.7. The molecule has 0 saturated heterocycles. The normalized spacial score (nSPS) is 11.1. The third-order valence-corrected chi connectivity index (χ3v) is 2.92. The Kier molecular flexibility index (Phi) is 3.51. The van der Waals surface area contributed by atoms with E-state index < -0.39 is 0 Å². The molecule has 4 heteroatoms. The number of carbonyl (C=O) groups excluding carboxylic acids is 1. The number of halogens is 1. The van der Waals surface area contributed by atoms with E-state index in [0.717, 1.165) is 5.56 Å². The number of hydrogen-bond donors (Lipinski definition) is 0. The lowest BCUT2D eigenvalue weighted by Gasteiger charge is -1.95. The molecule has 0 fully saturated rings. The van der Waals surface area contributed by atoms with Crippen LogP contribution in [0.4, 0.5) is 4.39 Å². The second-order valence-corrected chi connectivity index (χ2v) is 4.38. The van der Waals surface area contributed by atoms with E-state index in [1.165, 1.54) is 24.5 Å². The number of rotatable bonds is 4. The fraction of sp³-hybridized carbons (Fsp3) is 0. The predicted octanol–water partition coefficient (Wildman–Crippen LogP) is 4.57. The minimum atomic E-state index is -0.297. The van der Waals surface area contributed by atoms with Crippen molar-refractivity contribution in [2.45, 2.75) is 0 Å². The average molecular weight is 282 g/mol. The second kappa shape index (κ2) is 5.63. The van der Waals surface area contributed by atoms with E-state index in [-0.39, 0.29) is 17.4 Å². The van der Waals surface area contributed by atoms with Crippen LogP contribution in [0.25, 0.3) is 17.4 Å². The summed E-state index contributed by atoms with van der Waals surface area (Å²) in [7, 11) is 0. The van der Waals surface area contributed by atoms with Crippen molar-refractivity contribution < 1.29 is 18.0 Å². The van der Waals surface area contributed by atoms with Crippen LogP contribution >= 0.6 is 0 Å². The molecule has 3 aromatic rings. The van der Waals surface area contributed by atoms with Gasteiger partial charge in [-0.25, -0.2) is 4.39 Å². The van der Waals surface area contributed by atoms with Gasteiger partial charge in [-0.2, -0.15) is 0 Å².